The van der Waals surface area contributed by atoms with E-state index in [4.69, 9.17) is 35.5 Å². The van der Waals surface area contributed by atoms with Gasteiger partial charge in [-0.3, -0.25) is 34.1 Å². The molecule has 64 heavy (non-hydrogen) atoms. The van der Waals surface area contributed by atoms with Crippen LogP contribution in [0.2, 0.25) is 0 Å². The number of unbranched alkanes of at least 4 members (excludes halogenated alkanes) is 13. The number of carboxylic acid groups (broad SMARTS) is 1. The van der Waals surface area contributed by atoms with E-state index < -0.39 is 36.5 Å². The number of aliphatic hydroxyl groups is 1. The van der Waals surface area contributed by atoms with E-state index in [0.29, 0.717) is 32.2 Å². The van der Waals surface area contributed by atoms with Crippen LogP contribution in [-0.4, -0.2) is 156 Å². The maximum atomic E-state index is 12.3. The van der Waals surface area contributed by atoms with Gasteiger partial charge in [-0.1, -0.05) is 90.4 Å². The topological polar surface area (TPSA) is 309 Å². The molecule has 0 radical (unpaired) electrons. The van der Waals surface area contributed by atoms with Crippen LogP contribution in [0.1, 0.15) is 129 Å². The fourth-order valence-electron chi connectivity index (χ4n) is 6.36. The fraction of sp³-hybridized carbons (Fsp3) is 0.841. The molecule has 0 bridgehead atoms. The molecule has 0 spiro atoms. The third-order valence-electron chi connectivity index (χ3n) is 10.2. The first kappa shape index (κ1) is 60.2. The van der Waals surface area contributed by atoms with Crippen molar-refractivity contribution in [3.63, 3.8) is 0 Å². The first-order chi connectivity index (χ1) is 30.9. The van der Waals surface area contributed by atoms with Crippen molar-refractivity contribution in [1.82, 2.24) is 26.6 Å². The van der Waals surface area contributed by atoms with Crippen LogP contribution >= 0.6 is 0 Å². The van der Waals surface area contributed by atoms with E-state index in [0.717, 1.165) is 19.3 Å². The Balaban J connectivity index is 3.72. The van der Waals surface area contributed by atoms with Crippen LogP contribution < -0.4 is 38.1 Å². The van der Waals surface area contributed by atoms with Gasteiger partial charge >= 0.3 is 5.97 Å². The minimum absolute atomic E-state index is 0.0192. The van der Waals surface area contributed by atoms with E-state index in [1.807, 2.05) is 0 Å². The maximum Gasteiger partial charge on any atom is 0.326 e. The van der Waals surface area contributed by atoms with Gasteiger partial charge in [0.25, 0.3) is 0 Å². The van der Waals surface area contributed by atoms with Crippen molar-refractivity contribution in [2.75, 3.05) is 92.2 Å². The Morgan fingerprint density at radius 3 is 1.55 bits per heavy atom. The molecule has 11 N–H and O–H groups in total. The Morgan fingerprint density at radius 1 is 0.547 bits per heavy atom. The first-order valence-electron chi connectivity index (χ1n) is 23.4. The average molecular weight is 918 g/mol. The summed E-state index contributed by atoms with van der Waals surface area (Å²) < 4.78 is 21.4. The normalized spacial score (nSPS) is 12.5. The molecule has 0 aromatic rings. The molecule has 20 nitrogen and oxygen atoms in total. The van der Waals surface area contributed by atoms with Crippen LogP contribution in [0.5, 0.6) is 0 Å². The molecule has 0 aliphatic carbocycles. The summed E-state index contributed by atoms with van der Waals surface area (Å²) in [6, 6.07) is -2.13. The van der Waals surface area contributed by atoms with Crippen LogP contribution in [0.4, 0.5) is 0 Å². The van der Waals surface area contributed by atoms with Gasteiger partial charge in [0.2, 0.25) is 29.5 Å². The second-order valence-corrected chi connectivity index (χ2v) is 15.8. The third-order valence-corrected chi connectivity index (χ3v) is 10.2. The number of aliphatic hydroxyl groups excluding tert-OH is 1. The standard InChI is InChI=1S/C44H83N7O13/c1-2-3-4-5-6-7-8-9-10-11-12-13-14-18-40(55)51-36(44(59)60)19-20-39(54)48-22-24-61-26-29-64-34-42(57)49-23-25-62-27-28-63-33-41(56)47-21-16-15-17-35(30-45)38(53)31-50-37(32-52)43(46)58/h35-37,50,52H,2-34,45H2,1H3,(H2,46,58)(H,47,56)(H,48,54)(H,49,57)(H,51,55)(H,59,60)/t35-,36?,37+/m1/s1. The Morgan fingerprint density at radius 2 is 1.05 bits per heavy atom. The summed E-state index contributed by atoms with van der Waals surface area (Å²) in [4.78, 5) is 83.6. The van der Waals surface area contributed by atoms with E-state index in [9.17, 15) is 38.7 Å². The minimum Gasteiger partial charge on any atom is -0.480 e. The highest BCUT2D eigenvalue weighted by Gasteiger charge is 2.22. The molecule has 372 valence electrons. The van der Waals surface area contributed by atoms with Gasteiger partial charge in [0.1, 0.15) is 25.3 Å². The van der Waals surface area contributed by atoms with Gasteiger partial charge in [-0.25, -0.2) is 4.79 Å². The largest absolute Gasteiger partial charge is 0.480 e. The summed E-state index contributed by atoms with van der Waals surface area (Å²) in [5, 5.41) is 31.8. The summed E-state index contributed by atoms with van der Waals surface area (Å²) in [6.07, 6.45) is 17.6. The van der Waals surface area contributed by atoms with Crippen molar-refractivity contribution in [3.05, 3.63) is 0 Å². The number of rotatable bonds is 47. The van der Waals surface area contributed by atoms with E-state index in [1.54, 1.807) is 0 Å². The molecule has 3 atom stereocenters. The smallest absolute Gasteiger partial charge is 0.326 e. The molecule has 5 amide bonds. The maximum absolute atomic E-state index is 12.3. The van der Waals surface area contributed by atoms with Crippen molar-refractivity contribution in [3.8, 4) is 0 Å². The number of hydrogen-bond acceptors (Lipinski definition) is 14. The number of ether oxygens (including phenoxy) is 4. The summed E-state index contributed by atoms with van der Waals surface area (Å²) in [6.45, 7) is 3.46. The number of nitrogens with one attached hydrogen (secondary N) is 5. The van der Waals surface area contributed by atoms with E-state index in [1.165, 1.54) is 57.8 Å². The van der Waals surface area contributed by atoms with Gasteiger partial charge in [0.05, 0.1) is 52.8 Å². The zero-order chi connectivity index (χ0) is 47.5. The lowest BCUT2D eigenvalue weighted by Crippen LogP contribution is -2.47. The highest BCUT2D eigenvalue weighted by Crippen LogP contribution is 2.13. The van der Waals surface area contributed by atoms with Gasteiger partial charge in [-0.15, -0.1) is 0 Å². The van der Waals surface area contributed by atoms with Gasteiger partial charge < -0.3 is 61.9 Å². The predicted molar refractivity (Wildman–Crippen MR) is 241 cm³/mol. The van der Waals surface area contributed by atoms with Crippen LogP contribution in [-0.2, 0) is 52.5 Å². The highest BCUT2D eigenvalue weighted by molar-refractivity contribution is 5.85. The number of ketones is 1. The quantitative estimate of drug-likeness (QED) is 0.0385. The Labute approximate surface area is 380 Å². The molecule has 0 aromatic carbocycles. The minimum atomic E-state index is -1.18. The van der Waals surface area contributed by atoms with E-state index in [2.05, 4.69) is 33.5 Å². The molecular weight excluding hydrogens is 835 g/mol. The molecular formula is C44H83N7O13. The molecule has 0 saturated heterocycles. The van der Waals surface area contributed by atoms with Crippen molar-refractivity contribution >= 4 is 41.3 Å². The Hall–Kier alpha value is -3.79. The number of aliphatic carboxylic acids is 1. The molecule has 0 fully saturated rings. The lowest BCUT2D eigenvalue weighted by Gasteiger charge is -2.16. The number of Topliss-reactive ketones (excluding diaryl/α,β-unsaturated/α-hetero) is 1. The lowest BCUT2D eigenvalue weighted by molar-refractivity contribution is -0.142. The van der Waals surface area contributed by atoms with Gasteiger partial charge in [-0.2, -0.15) is 0 Å². The predicted octanol–water partition coefficient (Wildman–Crippen LogP) is 0.982. The zero-order valence-corrected chi connectivity index (χ0v) is 38.6. The van der Waals surface area contributed by atoms with Gasteiger partial charge in [0.15, 0.2) is 5.78 Å². The second-order valence-electron chi connectivity index (χ2n) is 15.8. The summed E-state index contributed by atoms with van der Waals surface area (Å²) in [7, 11) is 0. The van der Waals surface area contributed by atoms with Gasteiger partial charge in [0, 0.05) is 44.9 Å². The van der Waals surface area contributed by atoms with Crippen LogP contribution in [0, 0.1) is 5.92 Å². The van der Waals surface area contributed by atoms with Crippen molar-refractivity contribution < 1.29 is 62.7 Å². The number of nitrogens with two attached hydrogens (primary N) is 2. The third kappa shape index (κ3) is 37.6. The number of carbonyl (C=O) groups excluding carboxylic acids is 6. The number of hydrogen-bond donors (Lipinski definition) is 9. The van der Waals surface area contributed by atoms with Gasteiger partial charge in [-0.05, 0) is 25.7 Å². The number of primary amides is 1. The molecule has 0 saturated carbocycles. The SMILES string of the molecule is CCCCCCCCCCCCCCCC(=O)NC(CCC(=O)NCCOCCOCC(=O)NCCOCCOCC(=O)NCCCC[C@H](CN)C(=O)CN[C@@H](CO)C(N)=O)C(=O)O. The second kappa shape index (κ2) is 43.1. The fourth-order valence-corrected chi connectivity index (χ4v) is 6.36. The lowest BCUT2D eigenvalue weighted by atomic mass is 9.97. The van der Waals surface area contributed by atoms with Crippen LogP contribution in [0.25, 0.3) is 0 Å². The first-order valence-corrected chi connectivity index (χ1v) is 23.4. The molecule has 0 aromatic heterocycles. The highest BCUT2D eigenvalue weighted by atomic mass is 16.5. The van der Waals surface area contributed by atoms with E-state index >= 15 is 0 Å². The Kier molecular flexibility index (Phi) is 40.6. The van der Waals surface area contributed by atoms with Crippen LogP contribution in [0.3, 0.4) is 0 Å². The number of carbonyl (C=O) groups is 7. The molecule has 0 heterocycles. The zero-order valence-electron chi connectivity index (χ0n) is 38.6. The number of amides is 5. The van der Waals surface area contributed by atoms with Crippen molar-refractivity contribution in [2.45, 2.75) is 141 Å². The molecule has 0 rings (SSSR count). The molecule has 20 heteroatoms. The Bertz CT molecular complexity index is 1260. The van der Waals surface area contributed by atoms with E-state index in [-0.39, 0.29) is 128 Å². The molecule has 0 aliphatic heterocycles. The number of carboxylic acids is 1. The monoisotopic (exact) mass is 918 g/mol. The summed E-state index contributed by atoms with van der Waals surface area (Å²) in [5.74, 6) is -3.82. The molecule has 0 aliphatic rings. The summed E-state index contributed by atoms with van der Waals surface area (Å²) >= 11 is 0. The summed E-state index contributed by atoms with van der Waals surface area (Å²) in [5.41, 5.74) is 10.8. The van der Waals surface area contributed by atoms with Crippen LogP contribution in [0.15, 0.2) is 0 Å². The molecule has 1 unspecified atom stereocenters. The van der Waals surface area contributed by atoms with Crippen molar-refractivity contribution in [2.24, 2.45) is 17.4 Å². The van der Waals surface area contributed by atoms with Crippen molar-refractivity contribution in [1.29, 1.82) is 0 Å². The average Bonchev–Trinajstić information content (AvgIpc) is 3.26.